The van der Waals surface area contributed by atoms with E-state index in [4.69, 9.17) is 10.4 Å². The van der Waals surface area contributed by atoms with Crippen molar-refractivity contribution in [1.82, 2.24) is 4.90 Å². The largest absolute Gasteiger partial charge is 0.481 e. The molecular formula is C11H18N2O2. The number of carboxylic acid groups (broad SMARTS) is 1. The second-order valence-corrected chi connectivity index (χ2v) is 4.15. The molecule has 0 bridgehead atoms. The molecule has 84 valence electrons. The molecule has 1 heterocycles. The fourth-order valence-electron chi connectivity index (χ4n) is 2.23. The van der Waals surface area contributed by atoms with Gasteiger partial charge in [0.05, 0.1) is 12.1 Å². The summed E-state index contributed by atoms with van der Waals surface area (Å²) in [5.41, 5.74) is 0. The lowest BCUT2D eigenvalue weighted by Crippen LogP contribution is -2.42. The molecule has 2 atom stereocenters. The first-order chi connectivity index (χ1) is 7.17. The van der Waals surface area contributed by atoms with Crippen LogP contribution in [0.2, 0.25) is 0 Å². The van der Waals surface area contributed by atoms with Crippen molar-refractivity contribution in [3.8, 4) is 6.07 Å². The molecule has 1 aliphatic rings. The fraction of sp³-hybridized carbons (Fsp3) is 0.818. The molecule has 15 heavy (non-hydrogen) atoms. The summed E-state index contributed by atoms with van der Waals surface area (Å²) in [6.07, 6.45) is 3.04. The van der Waals surface area contributed by atoms with E-state index in [2.05, 4.69) is 11.0 Å². The third-order valence-electron chi connectivity index (χ3n) is 2.99. The zero-order valence-corrected chi connectivity index (χ0v) is 9.15. The van der Waals surface area contributed by atoms with Gasteiger partial charge < -0.3 is 5.11 Å². The molecule has 0 spiro atoms. The van der Waals surface area contributed by atoms with Gasteiger partial charge in [-0.1, -0.05) is 6.92 Å². The Hall–Kier alpha value is -1.08. The molecule has 1 saturated heterocycles. The Morgan fingerprint density at radius 2 is 2.47 bits per heavy atom. The topological polar surface area (TPSA) is 64.3 Å². The highest BCUT2D eigenvalue weighted by Crippen LogP contribution is 2.21. The molecule has 4 heteroatoms. The van der Waals surface area contributed by atoms with E-state index in [1.165, 1.54) is 0 Å². The molecule has 1 fully saturated rings. The number of rotatable bonds is 4. The summed E-state index contributed by atoms with van der Waals surface area (Å²) in [6, 6.07) is 2.23. The zero-order chi connectivity index (χ0) is 11.3. The SMILES string of the molecule is CCC(C#N)N1CCCC(CC(=O)O)C1. The maximum atomic E-state index is 10.6. The van der Waals surface area contributed by atoms with Crippen LogP contribution in [0.25, 0.3) is 0 Å². The van der Waals surface area contributed by atoms with E-state index >= 15 is 0 Å². The molecule has 0 aromatic heterocycles. The van der Waals surface area contributed by atoms with Gasteiger partial charge in [-0.05, 0) is 31.7 Å². The zero-order valence-electron chi connectivity index (χ0n) is 9.15. The summed E-state index contributed by atoms with van der Waals surface area (Å²) in [5.74, 6) is -0.509. The normalized spacial score (nSPS) is 24.4. The van der Waals surface area contributed by atoms with Crippen LogP contribution < -0.4 is 0 Å². The van der Waals surface area contributed by atoms with Gasteiger partial charge in [0, 0.05) is 13.0 Å². The molecule has 0 saturated carbocycles. The van der Waals surface area contributed by atoms with E-state index in [0.29, 0.717) is 0 Å². The lowest BCUT2D eigenvalue weighted by Gasteiger charge is -2.34. The number of hydrogen-bond acceptors (Lipinski definition) is 3. The minimum atomic E-state index is -0.730. The maximum absolute atomic E-state index is 10.6. The van der Waals surface area contributed by atoms with E-state index < -0.39 is 5.97 Å². The highest BCUT2D eigenvalue weighted by atomic mass is 16.4. The predicted octanol–water partition coefficient (Wildman–Crippen LogP) is 1.48. The van der Waals surface area contributed by atoms with Crippen LogP contribution in [0.3, 0.4) is 0 Å². The highest BCUT2D eigenvalue weighted by molar-refractivity contribution is 5.67. The van der Waals surface area contributed by atoms with Crippen LogP contribution in [0.1, 0.15) is 32.6 Å². The number of piperidine rings is 1. The molecule has 0 amide bonds. The molecule has 0 aromatic carbocycles. The van der Waals surface area contributed by atoms with E-state index in [1.54, 1.807) is 0 Å². The highest BCUT2D eigenvalue weighted by Gasteiger charge is 2.25. The minimum absolute atomic E-state index is 0.0402. The van der Waals surface area contributed by atoms with E-state index in [9.17, 15) is 4.79 Å². The molecule has 1 rings (SSSR count). The van der Waals surface area contributed by atoms with Gasteiger partial charge in [0.15, 0.2) is 0 Å². The first-order valence-corrected chi connectivity index (χ1v) is 5.52. The fourth-order valence-corrected chi connectivity index (χ4v) is 2.23. The van der Waals surface area contributed by atoms with Gasteiger partial charge in [-0.3, -0.25) is 9.69 Å². The van der Waals surface area contributed by atoms with Crippen LogP contribution >= 0.6 is 0 Å². The molecule has 1 aliphatic heterocycles. The second kappa shape index (κ2) is 5.72. The summed E-state index contributed by atoms with van der Waals surface area (Å²) in [7, 11) is 0. The second-order valence-electron chi connectivity index (χ2n) is 4.15. The molecule has 2 unspecified atom stereocenters. The first kappa shape index (κ1) is 12.0. The molecular weight excluding hydrogens is 192 g/mol. The quantitative estimate of drug-likeness (QED) is 0.763. The number of nitrogens with zero attached hydrogens (tertiary/aromatic N) is 2. The van der Waals surface area contributed by atoms with E-state index in [0.717, 1.165) is 32.4 Å². The Balaban J connectivity index is 2.48. The van der Waals surface area contributed by atoms with Crippen molar-refractivity contribution in [2.75, 3.05) is 13.1 Å². The molecule has 0 radical (unpaired) electrons. The third kappa shape index (κ3) is 3.52. The van der Waals surface area contributed by atoms with Crippen molar-refractivity contribution in [2.24, 2.45) is 5.92 Å². The standard InChI is InChI=1S/C11H18N2O2/c1-2-10(7-12)13-5-3-4-9(8-13)6-11(14)15/h9-10H,2-6,8H2,1H3,(H,14,15). The Bertz CT molecular complexity index is 260. The average molecular weight is 210 g/mol. The van der Waals surface area contributed by atoms with Crippen LogP contribution in [0.5, 0.6) is 0 Å². The van der Waals surface area contributed by atoms with Crippen LogP contribution in [0.4, 0.5) is 0 Å². The predicted molar refractivity (Wildman–Crippen MR) is 56.2 cm³/mol. The number of carboxylic acids is 1. The first-order valence-electron chi connectivity index (χ1n) is 5.52. The van der Waals surface area contributed by atoms with Crippen molar-refractivity contribution >= 4 is 5.97 Å². The Morgan fingerprint density at radius 1 is 1.73 bits per heavy atom. The summed E-state index contributed by atoms with van der Waals surface area (Å²) < 4.78 is 0. The molecule has 0 aromatic rings. The van der Waals surface area contributed by atoms with Gasteiger partial charge in [0.2, 0.25) is 0 Å². The van der Waals surface area contributed by atoms with Crippen molar-refractivity contribution in [3.05, 3.63) is 0 Å². The van der Waals surface area contributed by atoms with Crippen molar-refractivity contribution < 1.29 is 9.90 Å². The van der Waals surface area contributed by atoms with Gasteiger partial charge in [-0.15, -0.1) is 0 Å². The van der Waals surface area contributed by atoms with E-state index in [-0.39, 0.29) is 18.4 Å². The Morgan fingerprint density at radius 3 is 3.00 bits per heavy atom. The number of carbonyl (C=O) groups is 1. The maximum Gasteiger partial charge on any atom is 0.303 e. The Labute approximate surface area is 90.5 Å². The molecule has 1 N–H and O–H groups in total. The van der Waals surface area contributed by atoms with Gasteiger partial charge in [-0.2, -0.15) is 5.26 Å². The van der Waals surface area contributed by atoms with Gasteiger partial charge >= 0.3 is 5.97 Å². The van der Waals surface area contributed by atoms with Crippen LogP contribution in [0.15, 0.2) is 0 Å². The van der Waals surface area contributed by atoms with Crippen molar-refractivity contribution in [3.63, 3.8) is 0 Å². The molecule has 4 nitrogen and oxygen atoms in total. The molecule has 0 aliphatic carbocycles. The summed E-state index contributed by atoms with van der Waals surface area (Å²) in [4.78, 5) is 12.7. The Kier molecular flexibility index (Phi) is 4.57. The lowest BCUT2D eigenvalue weighted by molar-refractivity contribution is -0.138. The summed E-state index contributed by atoms with van der Waals surface area (Å²) in [6.45, 7) is 3.69. The smallest absolute Gasteiger partial charge is 0.303 e. The average Bonchev–Trinajstić information content (AvgIpc) is 2.19. The van der Waals surface area contributed by atoms with Crippen molar-refractivity contribution in [1.29, 1.82) is 5.26 Å². The monoisotopic (exact) mass is 210 g/mol. The van der Waals surface area contributed by atoms with Crippen LogP contribution in [-0.4, -0.2) is 35.1 Å². The summed E-state index contributed by atoms with van der Waals surface area (Å²) in [5, 5.41) is 17.7. The third-order valence-corrected chi connectivity index (χ3v) is 2.99. The van der Waals surface area contributed by atoms with Gasteiger partial charge in [0.25, 0.3) is 0 Å². The number of aliphatic carboxylic acids is 1. The number of hydrogen-bond donors (Lipinski definition) is 1. The van der Waals surface area contributed by atoms with Gasteiger partial charge in [-0.25, -0.2) is 0 Å². The summed E-state index contributed by atoms with van der Waals surface area (Å²) >= 11 is 0. The minimum Gasteiger partial charge on any atom is -0.481 e. The lowest BCUT2D eigenvalue weighted by atomic mass is 9.93. The van der Waals surface area contributed by atoms with Crippen LogP contribution in [0, 0.1) is 17.2 Å². The number of nitriles is 1. The van der Waals surface area contributed by atoms with Crippen LogP contribution in [-0.2, 0) is 4.79 Å². The van der Waals surface area contributed by atoms with Gasteiger partial charge in [0.1, 0.15) is 0 Å². The number of likely N-dealkylation sites (tertiary alicyclic amines) is 1. The van der Waals surface area contributed by atoms with Crippen molar-refractivity contribution in [2.45, 2.75) is 38.6 Å². The van der Waals surface area contributed by atoms with E-state index in [1.807, 2.05) is 6.92 Å².